The molecule has 0 saturated heterocycles. The molecule has 0 bridgehead atoms. The standard InChI is InChI=1S/C20H22N2O4/c1-4-26-17-10-11-18(19(13-17)22(24)25)21-20(23)12-7-15-5-8-16(9-6-15)14(2)3/h5-14H,4H2,1-3H3,(H,21,23). The Morgan fingerprint density at radius 1 is 1.23 bits per heavy atom. The van der Waals surface area contributed by atoms with Crippen LogP contribution >= 0.6 is 0 Å². The Kier molecular flexibility index (Phi) is 6.49. The van der Waals surface area contributed by atoms with Gasteiger partial charge in [-0.25, -0.2) is 0 Å². The molecule has 0 aliphatic heterocycles. The van der Waals surface area contributed by atoms with Gasteiger partial charge in [0.25, 0.3) is 5.69 Å². The Morgan fingerprint density at radius 3 is 2.50 bits per heavy atom. The van der Waals surface area contributed by atoms with Crippen LogP contribution in [-0.2, 0) is 4.79 Å². The third kappa shape index (κ3) is 5.17. The molecule has 1 N–H and O–H groups in total. The van der Waals surface area contributed by atoms with Crippen LogP contribution in [-0.4, -0.2) is 17.4 Å². The zero-order valence-corrected chi connectivity index (χ0v) is 15.1. The summed E-state index contributed by atoms with van der Waals surface area (Å²) in [6, 6.07) is 12.2. The number of carbonyl (C=O) groups excluding carboxylic acids is 1. The predicted octanol–water partition coefficient (Wildman–Crippen LogP) is 4.77. The maximum absolute atomic E-state index is 12.1. The number of hydrogen-bond acceptors (Lipinski definition) is 4. The van der Waals surface area contributed by atoms with Crippen LogP contribution in [0.4, 0.5) is 11.4 Å². The van der Waals surface area contributed by atoms with Crippen LogP contribution in [0, 0.1) is 10.1 Å². The van der Waals surface area contributed by atoms with Gasteiger partial charge in [-0.15, -0.1) is 0 Å². The summed E-state index contributed by atoms with van der Waals surface area (Å²) in [6.45, 7) is 6.42. The summed E-state index contributed by atoms with van der Waals surface area (Å²) >= 11 is 0. The van der Waals surface area contributed by atoms with Crippen molar-refractivity contribution in [3.63, 3.8) is 0 Å². The van der Waals surface area contributed by atoms with Gasteiger partial charge >= 0.3 is 0 Å². The second-order valence-electron chi connectivity index (χ2n) is 6.01. The molecular weight excluding hydrogens is 332 g/mol. The van der Waals surface area contributed by atoms with Crippen LogP contribution in [0.15, 0.2) is 48.5 Å². The minimum atomic E-state index is -0.549. The molecule has 0 spiro atoms. The summed E-state index contributed by atoms with van der Waals surface area (Å²) < 4.78 is 5.26. The fourth-order valence-electron chi connectivity index (χ4n) is 2.36. The summed E-state index contributed by atoms with van der Waals surface area (Å²) in [5.74, 6) is 0.389. The van der Waals surface area contributed by atoms with E-state index in [0.717, 1.165) is 5.56 Å². The number of carbonyl (C=O) groups is 1. The molecule has 0 fully saturated rings. The van der Waals surface area contributed by atoms with Gasteiger partial charge in [-0.1, -0.05) is 38.1 Å². The van der Waals surface area contributed by atoms with E-state index >= 15 is 0 Å². The first kappa shape index (κ1) is 19.2. The summed E-state index contributed by atoms with van der Waals surface area (Å²) in [5.41, 5.74) is 2.02. The molecule has 136 valence electrons. The van der Waals surface area contributed by atoms with Gasteiger partial charge in [0, 0.05) is 6.08 Å². The smallest absolute Gasteiger partial charge is 0.296 e. The lowest BCUT2D eigenvalue weighted by molar-refractivity contribution is -0.384. The average Bonchev–Trinajstić information content (AvgIpc) is 2.61. The van der Waals surface area contributed by atoms with E-state index in [1.807, 2.05) is 24.3 Å². The van der Waals surface area contributed by atoms with E-state index in [-0.39, 0.29) is 11.4 Å². The van der Waals surface area contributed by atoms with E-state index < -0.39 is 10.8 Å². The van der Waals surface area contributed by atoms with Crippen molar-refractivity contribution in [3.05, 3.63) is 69.8 Å². The van der Waals surface area contributed by atoms with Gasteiger partial charge < -0.3 is 10.1 Å². The summed E-state index contributed by atoms with van der Waals surface area (Å²) in [4.78, 5) is 22.8. The van der Waals surface area contributed by atoms with Crippen molar-refractivity contribution in [2.75, 3.05) is 11.9 Å². The third-order valence-electron chi connectivity index (χ3n) is 3.77. The molecule has 0 heterocycles. The van der Waals surface area contributed by atoms with Gasteiger partial charge in [0.1, 0.15) is 11.4 Å². The Hall–Kier alpha value is -3.15. The first-order valence-corrected chi connectivity index (χ1v) is 8.41. The molecule has 26 heavy (non-hydrogen) atoms. The topological polar surface area (TPSA) is 81.5 Å². The Balaban J connectivity index is 2.10. The number of nitrogens with one attached hydrogen (secondary N) is 1. The molecule has 2 aromatic rings. The molecule has 6 nitrogen and oxygen atoms in total. The second-order valence-corrected chi connectivity index (χ2v) is 6.01. The fourth-order valence-corrected chi connectivity index (χ4v) is 2.36. The molecule has 0 atom stereocenters. The number of rotatable bonds is 7. The zero-order valence-electron chi connectivity index (χ0n) is 15.1. The molecule has 2 aromatic carbocycles. The highest BCUT2D eigenvalue weighted by molar-refractivity contribution is 6.03. The fraction of sp³-hybridized carbons (Fsp3) is 0.250. The van der Waals surface area contributed by atoms with Gasteiger partial charge in [0.2, 0.25) is 5.91 Å². The van der Waals surface area contributed by atoms with Crippen molar-refractivity contribution in [1.29, 1.82) is 0 Å². The summed E-state index contributed by atoms with van der Waals surface area (Å²) in [7, 11) is 0. The Labute approximate surface area is 152 Å². The van der Waals surface area contributed by atoms with Crippen LogP contribution in [0.25, 0.3) is 6.08 Å². The van der Waals surface area contributed by atoms with Crippen molar-refractivity contribution in [1.82, 2.24) is 0 Å². The minimum absolute atomic E-state index is 0.128. The number of benzene rings is 2. The van der Waals surface area contributed by atoms with E-state index in [0.29, 0.717) is 18.3 Å². The Bertz CT molecular complexity index is 811. The second kappa shape index (κ2) is 8.80. The van der Waals surface area contributed by atoms with Crippen molar-refractivity contribution in [2.24, 2.45) is 0 Å². The molecule has 1 amide bonds. The number of nitrogens with zero attached hydrogens (tertiary/aromatic N) is 1. The molecule has 0 radical (unpaired) electrons. The van der Waals surface area contributed by atoms with Gasteiger partial charge in [0.05, 0.1) is 17.6 Å². The van der Waals surface area contributed by atoms with E-state index in [2.05, 4.69) is 19.2 Å². The molecule has 0 aliphatic rings. The number of anilines is 1. The van der Waals surface area contributed by atoms with Crippen molar-refractivity contribution < 1.29 is 14.5 Å². The lowest BCUT2D eigenvalue weighted by atomic mass is 10.0. The average molecular weight is 354 g/mol. The van der Waals surface area contributed by atoms with Gasteiger partial charge in [-0.05, 0) is 42.2 Å². The number of nitro groups is 1. The number of nitro benzene ring substituents is 1. The Morgan fingerprint density at radius 2 is 1.92 bits per heavy atom. The molecule has 0 aliphatic carbocycles. The first-order valence-electron chi connectivity index (χ1n) is 8.41. The monoisotopic (exact) mass is 354 g/mol. The quantitative estimate of drug-likeness (QED) is 0.441. The summed E-state index contributed by atoms with van der Waals surface area (Å²) in [5, 5.41) is 13.7. The van der Waals surface area contributed by atoms with Crippen molar-refractivity contribution >= 4 is 23.4 Å². The maximum atomic E-state index is 12.1. The van der Waals surface area contributed by atoms with Gasteiger partial charge in [-0.2, -0.15) is 0 Å². The van der Waals surface area contributed by atoms with E-state index in [1.165, 1.54) is 23.8 Å². The molecular formula is C20H22N2O4. The predicted molar refractivity (Wildman–Crippen MR) is 102 cm³/mol. The molecule has 6 heteroatoms. The van der Waals surface area contributed by atoms with Crippen molar-refractivity contribution in [2.45, 2.75) is 26.7 Å². The van der Waals surface area contributed by atoms with Crippen LogP contribution in [0.3, 0.4) is 0 Å². The highest BCUT2D eigenvalue weighted by Crippen LogP contribution is 2.29. The largest absolute Gasteiger partial charge is 0.494 e. The molecule has 0 aromatic heterocycles. The van der Waals surface area contributed by atoms with E-state index in [9.17, 15) is 14.9 Å². The highest BCUT2D eigenvalue weighted by Gasteiger charge is 2.16. The SMILES string of the molecule is CCOc1ccc(NC(=O)C=Cc2ccc(C(C)C)cc2)c([N+](=O)[O-])c1. The molecule has 0 saturated carbocycles. The van der Waals surface area contributed by atoms with Crippen LogP contribution in [0.5, 0.6) is 5.75 Å². The third-order valence-corrected chi connectivity index (χ3v) is 3.77. The zero-order chi connectivity index (χ0) is 19.1. The molecule has 2 rings (SSSR count). The first-order chi connectivity index (χ1) is 12.4. The lowest BCUT2D eigenvalue weighted by Gasteiger charge is -2.07. The van der Waals surface area contributed by atoms with E-state index in [4.69, 9.17) is 4.74 Å². The maximum Gasteiger partial charge on any atom is 0.296 e. The number of amides is 1. The minimum Gasteiger partial charge on any atom is -0.494 e. The van der Waals surface area contributed by atoms with Crippen LogP contribution in [0.1, 0.15) is 37.8 Å². The molecule has 0 unspecified atom stereocenters. The van der Waals surface area contributed by atoms with Crippen LogP contribution < -0.4 is 10.1 Å². The van der Waals surface area contributed by atoms with Crippen molar-refractivity contribution in [3.8, 4) is 5.75 Å². The lowest BCUT2D eigenvalue weighted by Crippen LogP contribution is -2.09. The van der Waals surface area contributed by atoms with Crippen LogP contribution in [0.2, 0.25) is 0 Å². The summed E-state index contributed by atoms with van der Waals surface area (Å²) in [6.07, 6.45) is 3.02. The van der Waals surface area contributed by atoms with Gasteiger partial charge in [-0.3, -0.25) is 14.9 Å². The number of ether oxygens (including phenoxy) is 1. The highest BCUT2D eigenvalue weighted by atomic mass is 16.6. The van der Waals surface area contributed by atoms with Gasteiger partial charge in [0.15, 0.2) is 0 Å². The normalized spacial score (nSPS) is 10.9. The van der Waals surface area contributed by atoms with E-state index in [1.54, 1.807) is 19.1 Å². The number of hydrogen-bond donors (Lipinski definition) is 1.